The van der Waals surface area contributed by atoms with E-state index in [1.54, 1.807) is 18.2 Å². The van der Waals surface area contributed by atoms with Gasteiger partial charge in [-0.1, -0.05) is 36.0 Å². The number of carbonyl (C=O) groups excluding carboxylic acids is 2. The smallest absolute Gasteiger partial charge is 0.234 e. The Morgan fingerprint density at radius 1 is 1.26 bits per heavy atom. The van der Waals surface area contributed by atoms with Crippen LogP contribution in [0.4, 0.5) is 5.69 Å². The second-order valence-electron chi connectivity index (χ2n) is 6.70. The summed E-state index contributed by atoms with van der Waals surface area (Å²) >= 11 is 1.13. The molecule has 0 saturated carbocycles. The minimum Gasteiger partial charge on any atom is -0.495 e. The van der Waals surface area contributed by atoms with Crippen LogP contribution in [0.3, 0.4) is 0 Å². The van der Waals surface area contributed by atoms with Crippen molar-refractivity contribution in [3.63, 3.8) is 0 Å². The first-order chi connectivity index (χ1) is 15.0. The first-order valence-corrected chi connectivity index (χ1v) is 10.8. The quantitative estimate of drug-likeness (QED) is 0.651. The van der Waals surface area contributed by atoms with Crippen molar-refractivity contribution in [3.05, 3.63) is 64.7 Å². The number of amides is 2. The van der Waals surface area contributed by atoms with E-state index in [0.29, 0.717) is 28.6 Å². The average Bonchev–Trinajstić information content (AvgIpc) is 2.78. The molecule has 1 aliphatic rings. The zero-order valence-corrected chi connectivity index (χ0v) is 18.1. The van der Waals surface area contributed by atoms with Crippen LogP contribution in [-0.2, 0) is 9.59 Å². The van der Waals surface area contributed by atoms with Crippen molar-refractivity contribution in [2.45, 2.75) is 19.3 Å². The summed E-state index contributed by atoms with van der Waals surface area (Å²) in [5.74, 6) is 0.502. The zero-order valence-electron chi connectivity index (χ0n) is 17.3. The van der Waals surface area contributed by atoms with E-state index in [4.69, 9.17) is 9.47 Å². The fourth-order valence-electron chi connectivity index (χ4n) is 3.25. The van der Waals surface area contributed by atoms with E-state index in [1.807, 2.05) is 37.3 Å². The summed E-state index contributed by atoms with van der Waals surface area (Å²) in [6, 6.07) is 16.7. The molecule has 0 fully saturated rings. The molecule has 7 nitrogen and oxygen atoms in total. The Balaban J connectivity index is 1.74. The fraction of sp³-hybridized carbons (Fsp3) is 0.261. The van der Waals surface area contributed by atoms with Crippen molar-refractivity contribution < 1.29 is 19.1 Å². The van der Waals surface area contributed by atoms with E-state index in [1.165, 1.54) is 7.11 Å². The van der Waals surface area contributed by atoms with Crippen molar-refractivity contribution in [1.29, 1.82) is 5.26 Å². The van der Waals surface area contributed by atoms with Crippen LogP contribution in [0.2, 0.25) is 0 Å². The topological polar surface area (TPSA) is 100 Å². The number of nitrogens with zero attached hydrogens (tertiary/aromatic N) is 1. The van der Waals surface area contributed by atoms with Gasteiger partial charge in [-0.3, -0.25) is 9.59 Å². The lowest BCUT2D eigenvalue weighted by Gasteiger charge is -2.25. The lowest BCUT2D eigenvalue weighted by atomic mass is 9.87. The molecule has 3 rings (SSSR count). The number of para-hydroxylation sites is 2. The first-order valence-electron chi connectivity index (χ1n) is 9.78. The van der Waals surface area contributed by atoms with Gasteiger partial charge in [-0.05, 0) is 36.8 Å². The highest BCUT2D eigenvalue weighted by Gasteiger charge is 2.30. The maximum atomic E-state index is 12.4. The van der Waals surface area contributed by atoms with Gasteiger partial charge in [-0.2, -0.15) is 5.26 Å². The Morgan fingerprint density at radius 2 is 2.00 bits per heavy atom. The van der Waals surface area contributed by atoms with Gasteiger partial charge in [-0.25, -0.2) is 0 Å². The normalized spacial score (nSPS) is 15.6. The molecule has 2 amide bonds. The van der Waals surface area contributed by atoms with Crippen LogP contribution < -0.4 is 20.1 Å². The lowest BCUT2D eigenvalue weighted by molar-refractivity contribution is -0.121. The maximum Gasteiger partial charge on any atom is 0.234 e. The molecule has 2 N–H and O–H groups in total. The Morgan fingerprint density at radius 3 is 2.68 bits per heavy atom. The van der Waals surface area contributed by atoms with Gasteiger partial charge in [0, 0.05) is 12.3 Å². The minimum atomic E-state index is -0.366. The van der Waals surface area contributed by atoms with Crippen molar-refractivity contribution in [1.82, 2.24) is 5.32 Å². The number of thioether (sulfide) groups is 1. The number of nitriles is 1. The van der Waals surface area contributed by atoms with Gasteiger partial charge in [0.05, 0.1) is 41.8 Å². The number of methoxy groups -OCH3 is 1. The lowest BCUT2D eigenvalue weighted by Crippen LogP contribution is -2.31. The summed E-state index contributed by atoms with van der Waals surface area (Å²) in [5, 5.41) is 15.7. The Kier molecular flexibility index (Phi) is 7.57. The maximum absolute atomic E-state index is 12.4. The zero-order chi connectivity index (χ0) is 22.2. The SMILES string of the molecule is CCOc1ccc([C@H]2CC(=O)NC(SCC(=O)Nc3ccccc3OC)=C2C#N)cc1. The summed E-state index contributed by atoms with van der Waals surface area (Å²) in [6.07, 6.45) is 0.175. The van der Waals surface area contributed by atoms with Crippen LogP contribution in [0.5, 0.6) is 11.5 Å². The van der Waals surface area contributed by atoms with Crippen LogP contribution in [0, 0.1) is 11.3 Å². The number of allylic oxidation sites excluding steroid dienone is 1. The highest BCUT2D eigenvalue weighted by molar-refractivity contribution is 8.03. The molecule has 2 aromatic carbocycles. The summed E-state index contributed by atoms with van der Waals surface area (Å²) in [7, 11) is 1.53. The molecule has 0 saturated heterocycles. The van der Waals surface area contributed by atoms with Gasteiger partial charge in [0.15, 0.2) is 0 Å². The van der Waals surface area contributed by atoms with Crippen molar-refractivity contribution in [3.8, 4) is 17.6 Å². The number of benzene rings is 2. The number of hydrogen-bond donors (Lipinski definition) is 2. The molecular formula is C23H23N3O4S. The summed E-state index contributed by atoms with van der Waals surface area (Å²) in [6.45, 7) is 2.47. The Labute approximate surface area is 185 Å². The first kappa shape index (κ1) is 22.2. The highest BCUT2D eigenvalue weighted by Crippen LogP contribution is 2.36. The van der Waals surface area contributed by atoms with Crippen LogP contribution in [0.15, 0.2) is 59.1 Å². The molecule has 31 heavy (non-hydrogen) atoms. The standard InChI is InChI=1S/C23H23N3O4S/c1-3-30-16-10-8-15(9-11-16)17-12-21(27)26-23(18(17)13-24)31-14-22(28)25-19-6-4-5-7-20(19)29-2/h4-11,17H,3,12,14H2,1-2H3,(H,25,28)(H,26,27)/t17-/m1/s1. The van der Waals surface area contributed by atoms with Crippen molar-refractivity contribution >= 4 is 29.3 Å². The average molecular weight is 438 g/mol. The molecule has 160 valence electrons. The van der Waals surface area contributed by atoms with Crippen molar-refractivity contribution in [2.75, 3.05) is 24.8 Å². The van der Waals surface area contributed by atoms with Gasteiger partial charge < -0.3 is 20.1 Å². The van der Waals surface area contributed by atoms with E-state index >= 15 is 0 Å². The number of hydrogen-bond acceptors (Lipinski definition) is 6. The van der Waals surface area contributed by atoms with Crippen LogP contribution in [-0.4, -0.2) is 31.3 Å². The second kappa shape index (κ2) is 10.5. The number of ether oxygens (including phenoxy) is 2. The summed E-state index contributed by atoms with van der Waals surface area (Å²) in [4.78, 5) is 24.7. The molecule has 0 bridgehead atoms. The van der Waals surface area contributed by atoms with Gasteiger partial charge in [0.1, 0.15) is 11.5 Å². The summed E-state index contributed by atoms with van der Waals surface area (Å²) in [5.41, 5.74) is 1.86. The molecule has 8 heteroatoms. The molecule has 0 spiro atoms. The van der Waals surface area contributed by atoms with E-state index in [2.05, 4.69) is 16.7 Å². The molecule has 0 aliphatic carbocycles. The number of rotatable bonds is 8. The highest BCUT2D eigenvalue weighted by atomic mass is 32.2. The molecule has 1 atom stereocenters. The van der Waals surface area contributed by atoms with Gasteiger partial charge in [0.25, 0.3) is 0 Å². The molecule has 1 aliphatic heterocycles. The Hall–Kier alpha value is -3.44. The van der Waals surface area contributed by atoms with Gasteiger partial charge in [-0.15, -0.1) is 0 Å². The van der Waals surface area contributed by atoms with E-state index < -0.39 is 0 Å². The van der Waals surface area contributed by atoms with E-state index in [9.17, 15) is 14.9 Å². The third kappa shape index (κ3) is 5.58. The third-order valence-corrected chi connectivity index (χ3v) is 5.70. The number of nitrogens with one attached hydrogen (secondary N) is 2. The molecule has 0 aromatic heterocycles. The van der Waals surface area contributed by atoms with Gasteiger partial charge >= 0.3 is 0 Å². The van der Waals surface area contributed by atoms with Crippen molar-refractivity contribution in [2.24, 2.45) is 0 Å². The summed E-state index contributed by atoms with van der Waals surface area (Å²) < 4.78 is 10.7. The predicted molar refractivity (Wildman–Crippen MR) is 120 cm³/mol. The molecule has 0 radical (unpaired) electrons. The molecule has 0 unspecified atom stereocenters. The fourth-order valence-corrected chi connectivity index (χ4v) is 4.13. The van der Waals surface area contributed by atoms with Crippen LogP contribution >= 0.6 is 11.8 Å². The predicted octanol–water partition coefficient (Wildman–Crippen LogP) is 3.80. The van der Waals surface area contributed by atoms with Crippen LogP contribution in [0.1, 0.15) is 24.8 Å². The van der Waals surface area contributed by atoms with Gasteiger partial charge in [0.2, 0.25) is 11.8 Å². The van der Waals surface area contributed by atoms with E-state index in [0.717, 1.165) is 23.1 Å². The third-order valence-electron chi connectivity index (χ3n) is 4.68. The number of carbonyl (C=O) groups is 2. The largest absolute Gasteiger partial charge is 0.495 e. The molecule has 1 heterocycles. The van der Waals surface area contributed by atoms with Crippen LogP contribution in [0.25, 0.3) is 0 Å². The molecule has 2 aromatic rings. The van der Waals surface area contributed by atoms with E-state index in [-0.39, 0.29) is 29.9 Å². The number of anilines is 1. The second-order valence-corrected chi connectivity index (χ2v) is 7.68. The molecular weight excluding hydrogens is 414 g/mol. The minimum absolute atomic E-state index is 0.0365. The monoisotopic (exact) mass is 437 g/mol. The Bertz CT molecular complexity index is 1030.